The van der Waals surface area contributed by atoms with Crippen LogP contribution in [0.1, 0.15) is 122 Å². The number of halogens is 8. The molecule has 0 saturated carbocycles. The lowest BCUT2D eigenvalue weighted by molar-refractivity contribution is -0.0153. The number of nitrogens with zero attached hydrogens (tertiary/aromatic N) is 2. The van der Waals surface area contributed by atoms with E-state index in [4.69, 9.17) is 37.9 Å². The summed E-state index contributed by atoms with van der Waals surface area (Å²) in [5.41, 5.74) is 3.84. The fourth-order valence-corrected chi connectivity index (χ4v) is 9.07. The van der Waals surface area contributed by atoms with Gasteiger partial charge in [-0.15, -0.1) is 0 Å². The van der Waals surface area contributed by atoms with Gasteiger partial charge in [0.1, 0.15) is 83.3 Å². The predicted octanol–water partition coefficient (Wildman–Crippen LogP) is 21.9. The Morgan fingerprint density at radius 2 is 0.600 bits per heavy atom. The third-order valence-electron chi connectivity index (χ3n) is 15.5. The van der Waals surface area contributed by atoms with Crippen molar-refractivity contribution in [2.45, 2.75) is 134 Å². The molecule has 0 unspecified atom stereocenters. The van der Waals surface area contributed by atoms with E-state index in [0.717, 1.165) is 109 Å². The molecule has 480 valence electrons. The van der Waals surface area contributed by atoms with Crippen LogP contribution < -0.4 is 19.3 Å². The highest BCUT2D eigenvalue weighted by molar-refractivity contribution is 5.88. The molecule has 0 N–H and O–H groups in total. The standard InChI is InChI=1S/C22H20N2.C12H10F4.C10H10O2.C8H8F4.C8H12O2.C6H10O2.C6H8O2/c1-17-18(2)24(20-13-7-4-8-14-20)22-16-10-9-15-21(22)23(17)19-11-5-3-6-12-19;1-7-8(2)12(15,16)10-6-4-3-5-9(10)11(7,13)14;1-7-8(2)12-10-6-4-3-5-9(10)11-7;1-5-6(2)8(11,12)4-3-7(5,9)10;1-5-6(2)10-8(4)7(3)9-5;2*1-5-6(2)8-4-3-7-5/h3-16H,1-2H3;3-6H,1-2H3;3-6H,1-2H3;3-4H,1-2H3;1-4H3;3-4H2,1-2H3;3-4H,1-2H3. The first-order valence-electron chi connectivity index (χ1n) is 28.9. The zero-order valence-electron chi connectivity index (χ0n) is 53.6. The molecule has 7 aliphatic rings. The third-order valence-corrected chi connectivity index (χ3v) is 15.5. The fourth-order valence-electron chi connectivity index (χ4n) is 9.07. The maximum atomic E-state index is 13.8. The Morgan fingerprint density at radius 3 is 0.911 bits per heavy atom. The highest BCUT2D eigenvalue weighted by Gasteiger charge is 2.51. The second-order valence-corrected chi connectivity index (χ2v) is 21.4. The summed E-state index contributed by atoms with van der Waals surface area (Å²) in [6.45, 7) is 28.8. The van der Waals surface area contributed by atoms with Gasteiger partial charge >= 0.3 is 0 Å². The van der Waals surface area contributed by atoms with E-state index in [1.54, 1.807) is 0 Å². The SMILES string of the molecule is CC1=C(C)C(F)(F)C=CC1(F)F.CC1=C(C)C(F)(F)c2ccccc2C1(F)F.CC1=C(C)N(c2ccccc2)c2ccccc2N1c1ccccc1.CC1=C(C)OC(C)=C(C)O1.CC1=C(C)OC=CO1.CC1=C(C)OCCO1.CC1=C(C)Oc2ccccc2O1. The molecule has 0 amide bonds. The van der Waals surface area contributed by atoms with Crippen LogP contribution in [0.15, 0.2) is 249 Å². The number of hydrogen-bond acceptors (Lipinski definition) is 10. The lowest BCUT2D eigenvalue weighted by atomic mass is 9.82. The maximum Gasteiger partial charge on any atom is 0.295 e. The molecule has 0 spiro atoms. The first kappa shape index (κ1) is 70.0. The van der Waals surface area contributed by atoms with Crippen molar-refractivity contribution in [3.05, 3.63) is 261 Å². The second-order valence-electron chi connectivity index (χ2n) is 21.4. The Hall–Kier alpha value is -9.06. The molecule has 12 rings (SSSR count). The Labute approximate surface area is 523 Å². The number of hydrogen-bond donors (Lipinski definition) is 0. The van der Waals surface area contributed by atoms with Crippen LogP contribution in [0.5, 0.6) is 11.5 Å². The van der Waals surface area contributed by atoms with E-state index < -0.39 is 57.1 Å². The zero-order valence-corrected chi connectivity index (χ0v) is 53.6. The number of rotatable bonds is 2. The summed E-state index contributed by atoms with van der Waals surface area (Å²) in [6, 6.07) is 42.1. The Morgan fingerprint density at radius 1 is 0.311 bits per heavy atom. The van der Waals surface area contributed by atoms with Gasteiger partial charge in [0, 0.05) is 56.2 Å². The van der Waals surface area contributed by atoms with Gasteiger partial charge in [0.15, 0.2) is 11.5 Å². The molecule has 18 heteroatoms. The Bertz CT molecular complexity index is 3450. The number of alkyl halides is 8. The largest absolute Gasteiger partial charge is 0.491 e. The Balaban J connectivity index is 0.000000174. The van der Waals surface area contributed by atoms with Gasteiger partial charge in [0.05, 0.1) is 11.4 Å². The fraction of sp³-hybridized carbons (Fsp3) is 0.306. The molecule has 0 fully saturated rings. The van der Waals surface area contributed by atoms with Crippen LogP contribution in [0, 0.1) is 0 Å². The van der Waals surface area contributed by atoms with Crippen LogP contribution in [0.4, 0.5) is 57.9 Å². The van der Waals surface area contributed by atoms with Crippen LogP contribution >= 0.6 is 0 Å². The summed E-state index contributed by atoms with van der Waals surface area (Å²) in [6.07, 6.45) is 3.52. The first-order valence-corrected chi connectivity index (χ1v) is 28.9. The van der Waals surface area contributed by atoms with Crippen molar-refractivity contribution in [1.29, 1.82) is 0 Å². The molecule has 2 aliphatic carbocycles. The quantitative estimate of drug-likeness (QED) is 0.126. The predicted molar refractivity (Wildman–Crippen MR) is 337 cm³/mol. The molecular weight excluding hydrogens is 1170 g/mol. The molecule has 90 heavy (non-hydrogen) atoms. The van der Waals surface area contributed by atoms with Gasteiger partial charge in [-0.1, -0.05) is 84.9 Å². The summed E-state index contributed by atoms with van der Waals surface area (Å²) in [5.74, 6) is -2.92. The van der Waals surface area contributed by atoms with Gasteiger partial charge < -0.3 is 47.7 Å². The van der Waals surface area contributed by atoms with E-state index in [-0.39, 0.29) is 12.2 Å². The third kappa shape index (κ3) is 16.8. The van der Waals surface area contributed by atoms with E-state index in [0.29, 0.717) is 13.2 Å². The van der Waals surface area contributed by atoms with Crippen LogP contribution in [0.3, 0.4) is 0 Å². The number of ether oxygens (including phenoxy) is 8. The summed E-state index contributed by atoms with van der Waals surface area (Å²) in [5, 5.41) is 0. The van der Waals surface area contributed by atoms with Crippen molar-refractivity contribution in [3.8, 4) is 11.5 Å². The molecule has 5 aliphatic heterocycles. The topological polar surface area (TPSA) is 80.3 Å². The van der Waals surface area contributed by atoms with E-state index in [1.807, 2.05) is 93.5 Å². The number of allylic oxidation sites excluding steroid dienone is 18. The lowest BCUT2D eigenvalue weighted by Gasteiger charge is -2.40. The molecule has 5 aromatic rings. The van der Waals surface area contributed by atoms with Crippen molar-refractivity contribution in [2.24, 2.45) is 0 Å². The molecule has 5 heterocycles. The minimum atomic E-state index is -3.30. The van der Waals surface area contributed by atoms with Gasteiger partial charge in [-0.25, -0.2) is 0 Å². The summed E-state index contributed by atoms with van der Waals surface area (Å²) >= 11 is 0. The highest BCUT2D eigenvalue weighted by Crippen LogP contribution is 2.53. The second kappa shape index (κ2) is 30.0. The number of fused-ring (bicyclic) bond motifs is 3. The van der Waals surface area contributed by atoms with E-state index >= 15 is 0 Å². The van der Waals surface area contributed by atoms with E-state index in [2.05, 4.69) is 109 Å². The van der Waals surface area contributed by atoms with Gasteiger partial charge in [-0.2, -0.15) is 35.1 Å². The van der Waals surface area contributed by atoms with Crippen molar-refractivity contribution < 1.29 is 73.0 Å². The molecule has 10 nitrogen and oxygen atoms in total. The van der Waals surface area contributed by atoms with Crippen LogP contribution in [0.2, 0.25) is 0 Å². The zero-order chi connectivity index (χ0) is 66.5. The molecule has 5 aromatic carbocycles. The van der Waals surface area contributed by atoms with Gasteiger partial charge in [-0.05, 0) is 171 Å². The smallest absolute Gasteiger partial charge is 0.295 e. The molecule has 0 radical (unpaired) electrons. The molecule has 0 bridgehead atoms. The van der Waals surface area contributed by atoms with Gasteiger partial charge in [-0.3, -0.25) is 0 Å². The number of anilines is 4. The lowest BCUT2D eigenvalue weighted by Crippen LogP contribution is -2.32. The summed E-state index contributed by atoms with van der Waals surface area (Å²) in [7, 11) is 0. The average Bonchev–Trinajstić information content (AvgIpc) is 0.781. The van der Waals surface area contributed by atoms with Crippen molar-refractivity contribution in [3.63, 3.8) is 0 Å². The van der Waals surface area contributed by atoms with Crippen LogP contribution in [-0.4, -0.2) is 25.1 Å². The minimum Gasteiger partial charge on any atom is -0.491 e. The minimum absolute atomic E-state index is 0.245. The van der Waals surface area contributed by atoms with E-state index in [9.17, 15) is 35.1 Å². The van der Waals surface area contributed by atoms with E-state index in [1.165, 1.54) is 58.8 Å². The average molecular weight is 1250 g/mol. The van der Waals surface area contributed by atoms with Crippen LogP contribution in [-0.2, 0) is 40.3 Å². The van der Waals surface area contributed by atoms with Crippen molar-refractivity contribution >= 4 is 22.7 Å². The highest BCUT2D eigenvalue weighted by atomic mass is 19.3. The normalized spacial score (nSPS) is 18.5. The summed E-state index contributed by atoms with van der Waals surface area (Å²) in [4.78, 5) is 4.67. The van der Waals surface area contributed by atoms with Crippen molar-refractivity contribution in [2.75, 3.05) is 23.0 Å². The molecule has 0 saturated heterocycles. The van der Waals surface area contributed by atoms with Crippen LogP contribution in [0.25, 0.3) is 0 Å². The maximum absolute atomic E-state index is 13.8. The van der Waals surface area contributed by atoms with Crippen molar-refractivity contribution in [1.82, 2.24) is 0 Å². The summed E-state index contributed by atoms with van der Waals surface area (Å²) < 4.78 is 148. The van der Waals surface area contributed by atoms with Gasteiger partial charge in [0.25, 0.3) is 23.7 Å². The molecule has 0 atom stereocenters. The Kier molecular flexibility index (Phi) is 23.3. The number of para-hydroxylation sites is 6. The monoisotopic (exact) mass is 1250 g/mol. The van der Waals surface area contributed by atoms with Gasteiger partial charge in [0.2, 0.25) is 0 Å². The first-order chi connectivity index (χ1) is 42.3. The molecule has 0 aromatic heterocycles. The number of benzene rings is 5. The molecular formula is C72H78F8N2O8.